The summed E-state index contributed by atoms with van der Waals surface area (Å²) < 4.78 is 10.9. The van der Waals surface area contributed by atoms with Gasteiger partial charge < -0.3 is 19.9 Å². The third-order valence-corrected chi connectivity index (χ3v) is 4.63. The van der Waals surface area contributed by atoms with Gasteiger partial charge in [-0.2, -0.15) is 5.26 Å². The van der Waals surface area contributed by atoms with E-state index in [1.165, 1.54) is 19.3 Å². The highest BCUT2D eigenvalue weighted by Gasteiger charge is 2.16. The molecule has 0 aromatic heterocycles. The Hall–Kier alpha value is -3.31. The number of halogens is 1. The van der Waals surface area contributed by atoms with Crippen LogP contribution in [0.25, 0.3) is 6.08 Å². The standard InChI is InChI=1S/C21H19BrN2O5/c1-13(14-6-4-3-5-7-14)24-21(27)16(11-23)8-15-9-18(28-2)19(10-17(15)22)29-12-20(25)26/h3-10,13H,12H2,1-2H3,(H,24,27)(H,25,26)/b16-8-/t13-/m1/s1. The number of benzene rings is 2. The Morgan fingerprint density at radius 1 is 1.28 bits per heavy atom. The normalized spacial score (nSPS) is 11.9. The Morgan fingerprint density at radius 3 is 2.55 bits per heavy atom. The second kappa shape index (κ2) is 10.3. The molecule has 0 fully saturated rings. The van der Waals surface area contributed by atoms with Crippen molar-refractivity contribution in [1.82, 2.24) is 5.32 Å². The number of rotatable bonds is 8. The monoisotopic (exact) mass is 458 g/mol. The minimum atomic E-state index is -1.12. The molecule has 2 aromatic carbocycles. The number of carbonyl (C=O) groups excluding carboxylic acids is 1. The lowest BCUT2D eigenvalue weighted by molar-refractivity contribution is -0.139. The SMILES string of the molecule is COc1cc(/C=C(/C#N)C(=O)N[C@H](C)c2ccccc2)c(Br)cc1OCC(=O)O. The Morgan fingerprint density at radius 2 is 1.97 bits per heavy atom. The lowest BCUT2D eigenvalue weighted by Gasteiger charge is -2.14. The largest absolute Gasteiger partial charge is 0.493 e. The van der Waals surface area contributed by atoms with E-state index in [2.05, 4.69) is 21.2 Å². The van der Waals surface area contributed by atoms with Gasteiger partial charge in [0.25, 0.3) is 5.91 Å². The van der Waals surface area contributed by atoms with Crippen molar-refractivity contribution in [1.29, 1.82) is 5.26 Å². The molecule has 8 heteroatoms. The zero-order valence-corrected chi connectivity index (χ0v) is 17.4. The van der Waals surface area contributed by atoms with Crippen LogP contribution in [-0.4, -0.2) is 30.7 Å². The molecule has 0 saturated heterocycles. The van der Waals surface area contributed by atoms with Gasteiger partial charge in [-0.15, -0.1) is 0 Å². The number of nitriles is 1. The number of amides is 1. The minimum Gasteiger partial charge on any atom is -0.493 e. The van der Waals surface area contributed by atoms with Crippen LogP contribution in [0.5, 0.6) is 11.5 Å². The number of nitrogens with zero attached hydrogens (tertiary/aromatic N) is 1. The Labute approximate surface area is 176 Å². The van der Waals surface area contributed by atoms with Gasteiger partial charge in [-0.1, -0.05) is 46.3 Å². The number of aliphatic carboxylic acids is 1. The van der Waals surface area contributed by atoms with Crippen molar-refractivity contribution >= 4 is 33.9 Å². The van der Waals surface area contributed by atoms with Gasteiger partial charge in [0.1, 0.15) is 11.6 Å². The van der Waals surface area contributed by atoms with Crippen molar-refractivity contribution in [2.75, 3.05) is 13.7 Å². The Balaban J connectivity index is 2.26. The first-order valence-electron chi connectivity index (χ1n) is 8.55. The highest BCUT2D eigenvalue weighted by atomic mass is 79.9. The van der Waals surface area contributed by atoms with Crippen molar-refractivity contribution < 1.29 is 24.2 Å². The second-order valence-corrected chi connectivity index (χ2v) is 6.84. The van der Waals surface area contributed by atoms with Gasteiger partial charge in [-0.3, -0.25) is 4.79 Å². The topological polar surface area (TPSA) is 109 Å². The molecule has 0 heterocycles. The number of carboxylic acids is 1. The average molecular weight is 459 g/mol. The van der Waals surface area contributed by atoms with Crippen LogP contribution in [0.2, 0.25) is 0 Å². The van der Waals surface area contributed by atoms with Crippen LogP contribution in [0.4, 0.5) is 0 Å². The fourth-order valence-corrected chi connectivity index (χ4v) is 2.91. The van der Waals surface area contributed by atoms with E-state index in [1.807, 2.05) is 43.3 Å². The summed E-state index contributed by atoms with van der Waals surface area (Å²) in [4.78, 5) is 23.2. The zero-order valence-electron chi connectivity index (χ0n) is 15.8. The fourth-order valence-electron chi connectivity index (χ4n) is 2.48. The highest BCUT2D eigenvalue weighted by molar-refractivity contribution is 9.10. The summed E-state index contributed by atoms with van der Waals surface area (Å²) in [7, 11) is 1.41. The molecule has 0 aliphatic carbocycles. The van der Waals surface area contributed by atoms with Gasteiger partial charge in [0.05, 0.1) is 13.2 Å². The van der Waals surface area contributed by atoms with Crippen LogP contribution in [0, 0.1) is 11.3 Å². The first-order valence-corrected chi connectivity index (χ1v) is 9.34. The number of methoxy groups -OCH3 is 1. The van der Waals surface area contributed by atoms with Gasteiger partial charge in [-0.05, 0) is 36.3 Å². The quantitative estimate of drug-likeness (QED) is 0.460. The van der Waals surface area contributed by atoms with E-state index in [9.17, 15) is 14.9 Å². The molecular weight excluding hydrogens is 440 g/mol. The van der Waals surface area contributed by atoms with E-state index in [0.717, 1.165) is 5.56 Å². The maximum absolute atomic E-state index is 12.5. The Kier molecular flexibility index (Phi) is 7.80. The number of hydrogen-bond acceptors (Lipinski definition) is 5. The maximum atomic E-state index is 12.5. The summed E-state index contributed by atoms with van der Waals surface area (Å²) in [5.74, 6) is -1.14. The van der Waals surface area contributed by atoms with E-state index in [4.69, 9.17) is 14.6 Å². The summed E-state index contributed by atoms with van der Waals surface area (Å²) in [6.07, 6.45) is 1.42. The fraction of sp³-hybridized carbons (Fsp3) is 0.190. The van der Waals surface area contributed by atoms with Crippen molar-refractivity contribution in [2.45, 2.75) is 13.0 Å². The van der Waals surface area contributed by atoms with Crippen LogP contribution in [0.1, 0.15) is 24.1 Å². The van der Waals surface area contributed by atoms with Gasteiger partial charge in [0, 0.05) is 4.47 Å². The average Bonchev–Trinajstić information content (AvgIpc) is 2.71. The summed E-state index contributed by atoms with van der Waals surface area (Å²) >= 11 is 3.34. The molecular formula is C21H19BrN2O5. The first-order chi connectivity index (χ1) is 13.8. The number of hydrogen-bond donors (Lipinski definition) is 2. The third kappa shape index (κ3) is 6.09. The van der Waals surface area contributed by atoms with Crippen LogP contribution < -0.4 is 14.8 Å². The molecule has 0 aliphatic rings. The molecule has 2 aromatic rings. The number of nitrogens with one attached hydrogen (secondary N) is 1. The van der Waals surface area contributed by atoms with Gasteiger partial charge >= 0.3 is 5.97 Å². The van der Waals surface area contributed by atoms with Crippen molar-refractivity contribution in [3.8, 4) is 17.6 Å². The lowest BCUT2D eigenvalue weighted by Crippen LogP contribution is -2.27. The molecule has 0 saturated carbocycles. The summed E-state index contributed by atoms with van der Waals surface area (Å²) in [5.41, 5.74) is 1.33. The van der Waals surface area contributed by atoms with E-state index in [-0.39, 0.29) is 23.1 Å². The van der Waals surface area contributed by atoms with E-state index in [0.29, 0.717) is 10.0 Å². The van der Waals surface area contributed by atoms with Gasteiger partial charge in [0.2, 0.25) is 0 Å². The molecule has 0 radical (unpaired) electrons. The predicted molar refractivity (Wildman–Crippen MR) is 110 cm³/mol. The predicted octanol–water partition coefficient (Wildman–Crippen LogP) is 3.71. The second-order valence-electron chi connectivity index (χ2n) is 5.98. The molecule has 29 heavy (non-hydrogen) atoms. The lowest BCUT2D eigenvalue weighted by atomic mass is 10.1. The van der Waals surface area contributed by atoms with Crippen molar-refractivity contribution in [2.24, 2.45) is 0 Å². The van der Waals surface area contributed by atoms with Gasteiger partial charge in [0.15, 0.2) is 18.1 Å². The van der Waals surface area contributed by atoms with Crippen LogP contribution in [0.3, 0.4) is 0 Å². The van der Waals surface area contributed by atoms with E-state index < -0.39 is 18.5 Å². The van der Waals surface area contributed by atoms with Crippen LogP contribution in [0.15, 0.2) is 52.5 Å². The summed E-state index contributed by atoms with van der Waals surface area (Å²) in [6, 6.07) is 14.1. The molecule has 1 amide bonds. The van der Waals surface area contributed by atoms with Crippen LogP contribution in [-0.2, 0) is 9.59 Å². The van der Waals surface area contributed by atoms with Crippen LogP contribution >= 0.6 is 15.9 Å². The molecule has 0 spiro atoms. The molecule has 0 unspecified atom stereocenters. The third-order valence-electron chi connectivity index (χ3n) is 3.95. The number of carbonyl (C=O) groups is 2. The number of ether oxygens (including phenoxy) is 2. The van der Waals surface area contributed by atoms with Gasteiger partial charge in [-0.25, -0.2) is 4.79 Å². The maximum Gasteiger partial charge on any atom is 0.341 e. The molecule has 1 atom stereocenters. The molecule has 2 rings (SSSR count). The molecule has 0 bridgehead atoms. The molecule has 7 nitrogen and oxygen atoms in total. The Bertz CT molecular complexity index is 967. The van der Waals surface area contributed by atoms with E-state index in [1.54, 1.807) is 6.07 Å². The molecule has 0 aliphatic heterocycles. The van der Waals surface area contributed by atoms with Crippen molar-refractivity contribution in [3.63, 3.8) is 0 Å². The number of carboxylic acid groups (broad SMARTS) is 1. The van der Waals surface area contributed by atoms with E-state index >= 15 is 0 Å². The minimum absolute atomic E-state index is 0.0882. The highest BCUT2D eigenvalue weighted by Crippen LogP contribution is 2.34. The zero-order chi connectivity index (χ0) is 21.4. The van der Waals surface area contributed by atoms with Crippen molar-refractivity contribution in [3.05, 3.63) is 63.6 Å². The molecule has 2 N–H and O–H groups in total. The summed E-state index contributed by atoms with van der Waals surface area (Å²) in [5, 5.41) is 21.0. The first kappa shape index (κ1) is 22.0. The molecule has 150 valence electrons. The smallest absolute Gasteiger partial charge is 0.341 e. The summed E-state index contributed by atoms with van der Waals surface area (Å²) in [6.45, 7) is 1.30.